The number of likely N-dealkylation sites (N-methyl/N-ethyl adjacent to an activating group) is 1. The zero-order valence-electron chi connectivity index (χ0n) is 21.7. The van der Waals surface area contributed by atoms with Crippen LogP contribution >= 0.6 is 0 Å². The number of hydrogen-bond acceptors (Lipinski definition) is 5. The predicted octanol–water partition coefficient (Wildman–Crippen LogP) is 4.44. The van der Waals surface area contributed by atoms with E-state index in [2.05, 4.69) is 36.5 Å². The van der Waals surface area contributed by atoms with Gasteiger partial charge in [0.2, 0.25) is 6.41 Å². The van der Waals surface area contributed by atoms with Crippen LogP contribution in [-0.2, 0) is 17.8 Å². The van der Waals surface area contributed by atoms with Crippen molar-refractivity contribution in [3.8, 4) is 23.0 Å². The first kappa shape index (κ1) is 24.9. The number of nitrogens with zero attached hydrogens (tertiary/aromatic N) is 1. The maximum atomic E-state index is 9.06. The summed E-state index contributed by atoms with van der Waals surface area (Å²) in [5.41, 5.74) is 2.92. The number of benzene rings is 3. The van der Waals surface area contributed by atoms with Gasteiger partial charge in [-0.3, -0.25) is 4.79 Å². The van der Waals surface area contributed by atoms with Crippen LogP contribution in [0.1, 0.15) is 30.9 Å². The molecule has 7 nitrogen and oxygen atoms in total. The zero-order valence-corrected chi connectivity index (χ0v) is 21.7. The van der Waals surface area contributed by atoms with Gasteiger partial charge < -0.3 is 28.7 Å². The van der Waals surface area contributed by atoms with Gasteiger partial charge in [-0.1, -0.05) is 0 Å². The van der Waals surface area contributed by atoms with Crippen molar-refractivity contribution >= 4 is 28.0 Å². The summed E-state index contributed by atoms with van der Waals surface area (Å²) >= 11 is 0. The highest BCUT2D eigenvalue weighted by molar-refractivity contribution is 6.12. The van der Waals surface area contributed by atoms with Gasteiger partial charge in [-0.25, -0.2) is 0 Å². The monoisotopic (exact) mass is 481 g/mol. The minimum atomic E-state index is 0.625. The number of quaternary nitrogens is 1. The number of rotatable bonds is 6. The molecule has 35 heavy (non-hydrogen) atoms. The van der Waals surface area contributed by atoms with Crippen molar-refractivity contribution in [3.63, 3.8) is 0 Å². The molecule has 3 aromatic rings. The molecule has 2 unspecified atom stereocenters. The molecule has 0 radical (unpaired) electrons. The highest BCUT2D eigenvalue weighted by atomic mass is 16.5. The average Bonchev–Trinajstić information content (AvgIpc) is 3.34. The molecule has 188 valence electrons. The second-order valence-corrected chi connectivity index (χ2v) is 9.29. The van der Waals surface area contributed by atoms with Gasteiger partial charge in [0.1, 0.15) is 6.54 Å². The maximum Gasteiger partial charge on any atom is 0.206 e. The van der Waals surface area contributed by atoms with Crippen LogP contribution in [0.25, 0.3) is 21.5 Å². The third kappa shape index (κ3) is 4.12. The van der Waals surface area contributed by atoms with Crippen LogP contribution in [0.3, 0.4) is 0 Å². The summed E-state index contributed by atoms with van der Waals surface area (Å²) in [4.78, 5) is 9.06. The maximum absolute atomic E-state index is 9.06. The Hall–Kier alpha value is -3.19. The normalized spacial score (nSPS) is 20.3. The molecule has 3 aromatic carbocycles. The first-order valence-electron chi connectivity index (χ1n) is 12.2. The van der Waals surface area contributed by atoms with Gasteiger partial charge in [-0.2, -0.15) is 0 Å². The highest BCUT2D eigenvalue weighted by Gasteiger charge is 2.45. The molecule has 0 saturated carbocycles. The van der Waals surface area contributed by atoms with Gasteiger partial charge in [0.25, 0.3) is 0 Å². The molecular formula is C28H37N2O5+. The van der Waals surface area contributed by atoms with Crippen LogP contribution in [-0.4, -0.2) is 65.5 Å². The van der Waals surface area contributed by atoms with Crippen molar-refractivity contribution in [2.75, 3.05) is 48.6 Å². The summed E-state index contributed by atoms with van der Waals surface area (Å²) in [5, 5.41) is 7.15. The quantitative estimate of drug-likeness (QED) is 0.320. The lowest BCUT2D eigenvalue weighted by atomic mass is 9.83. The molecule has 1 N–H and O–H groups in total. The molecule has 0 spiro atoms. The van der Waals surface area contributed by atoms with Gasteiger partial charge in [0, 0.05) is 31.9 Å². The van der Waals surface area contributed by atoms with Crippen LogP contribution in [0.15, 0.2) is 24.3 Å². The van der Waals surface area contributed by atoms with Crippen molar-refractivity contribution in [1.82, 2.24) is 5.32 Å². The molecule has 2 atom stereocenters. The number of hydrogen-bond donors (Lipinski definition) is 1. The van der Waals surface area contributed by atoms with Crippen molar-refractivity contribution in [2.24, 2.45) is 0 Å². The van der Waals surface area contributed by atoms with E-state index in [4.69, 9.17) is 23.7 Å². The Labute approximate surface area is 207 Å². The third-order valence-electron chi connectivity index (χ3n) is 7.93. The molecule has 1 fully saturated rings. The second kappa shape index (κ2) is 10.2. The smallest absolute Gasteiger partial charge is 0.206 e. The summed E-state index contributed by atoms with van der Waals surface area (Å²) in [6, 6.07) is 9.28. The van der Waals surface area contributed by atoms with Gasteiger partial charge in [0.15, 0.2) is 23.0 Å². The molecule has 0 bridgehead atoms. The fourth-order valence-corrected chi connectivity index (χ4v) is 6.12. The van der Waals surface area contributed by atoms with Gasteiger partial charge in [0.05, 0.1) is 47.6 Å². The Balaban J connectivity index is 0.000000672. The number of methoxy groups -OCH3 is 4. The number of ether oxygens (including phenoxy) is 4. The lowest BCUT2D eigenvalue weighted by Crippen LogP contribution is -2.54. The van der Waals surface area contributed by atoms with Gasteiger partial charge >= 0.3 is 0 Å². The largest absolute Gasteiger partial charge is 0.493 e. The average molecular weight is 482 g/mol. The summed E-state index contributed by atoms with van der Waals surface area (Å²) < 4.78 is 23.9. The number of carbonyl (C=O) groups is 1. The Kier molecular flexibility index (Phi) is 7.26. The highest BCUT2D eigenvalue weighted by Crippen LogP contribution is 2.48. The first-order chi connectivity index (χ1) is 17.0. The van der Waals surface area contributed by atoms with E-state index in [9.17, 15) is 0 Å². The van der Waals surface area contributed by atoms with E-state index >= 15 is 0 Å². The van der Waals surface area contributed by atoms with Crippen molar-refractivity contribution in [2.45, 2.75) is 38.8 Å². The summed E-state index contributed by atoms with van der Waals surface area (Å²) in [7, 11) is 8.37. The second-order valence-electron chi connectivity index (χ2n) is 9.29. The lowest BCUT2D eigenvalue weighted by molar-refractivity contribution is -0.952. The van der Waals surface area contributed by atoms with E-state index in [1.54, 1.807) is 35.5 Å². The van der Waals surface area contributed by atoms with E-state index < -0.39 is 0 Å². The molecule has 7 heteroatoms. The van der Waals surface area contributed by atoms with Crippen molar-refractivity contribution in [3.05, 3.63) is 35.4 Å². The minimum absolute atomic E-state index is 0.625. The predicted molar refractivity (Wildman–Crippen MR) is 139 cm³/mol. The van der Waals surface area contributed by atoms with Crippen LogP contribution in [0, 0.1) is 0 Å². The minimum Gasteiger partial charge on any atom is -0.493 e. The fraction of sp³-hybridized carbons (Fsp3) is 0.464. The topological polar surface area (TPSA) is 66.0 Å². The van der Waals surface area contributed by atoms with Crippen LogP contribution in [0.5, 0.6) is 23.0 Å². The molecular weight excluding hydrogens is 444 g/mol. The Morgan fingerprint density at radius 2 is 1.31 bits per heavy atom. The fourth-order valence-electron chi connectivity index (χ4n) is 6.12. The van der Waals surface area contributed by atoms with Crippen molar-refractivity contribution in [1.29, 1.82) is 0 Å². The van der Waals surface area contributed by atoms with E-state index in [1.165, 1.54) is 63.1 Å². The van der Waals surface area contributed by atoms with Crippen LogP contribution in [0.4, 0.5) is 0 Å². The summed E-state index contributed by atoms with van der Waals surface area (Å²) in [5.74, 6) is 3.07. The Bertz CT molecular complexity index is 1240. The molecule has 1 amide bonds. The Morgan fingerprint density at radius 3 is 1.74 bits per heavy atom. The van der Waals surface area contributed by atoms with Crippen LogP contribution < -0.4 is 24.3 Å². The van der Waals surface area contributed by atoms with Crippen molar-refractivity contribution < 1.29 is 28.2 Å². The lowest BCUT2D eigenvalue weighted by Gasteiger charge is -2.44. The van der Waals surface area contributed by atoms with Gasteiger partial charge in [-0.05, 0) is 58.3 Å². The van der Waals surface area contributed by atoms with E-state index in [1.807, 2.05) is 0 Å². The third-order valence-corrected chi connectivity index (χ3v) is 7.93. The van der Waals surface area contributed by atoms with E-state index in [0.29, 0.717) is 12.5 Å². The van der Waals surface area contributed by atoms with Crippen LogP contribution in [0.2, 0.25) is 0 Å². The number of amides is 1. The molecule has 2 aliphatic heterocycles. The standard InChI is InChI=1S/C26H32NO4.C2H5NO/c1-6-27-9-7-8-16(27)10-17-18-11-23(28-2)24(29-3)12-19(18)20-13-25(30-4)26(31-5)14-21(20)22(17)15-27;1-3-2-4/h11-14,16H,6-10,15H2,1-5H3;2H,1H3,(H,3,4)/q+1;. The Morgan fingerprint density at radius 1 is 0.857 bits per heavy atom. The number of carbonyl (C=O) groups excluding carboxylic acids is 1. The molecule has 0 aliphatic carbocycles. The number of nitrogens with one attached hydrogen (secondary N) is 1. The molecule has 2 heterocycles. The SMILES string of the molecule is CC[N+]12CCCC1Cc1c(c3cc(OC)c(OC)cc3c3cc(OC)c(OC)cc13)C2.CNC=O. The first-order valence-corrected chi connectivity index (χ1v) is 12.2. The van der Waals surface area contributed by atoms with Gasteiger partial charge in [-0.15, -0.1) is 0 Å². The summed E-state index contributed by atoms with van der Waals surface area (Å²) in [6.45, 7) is 5.89. The molecule has 0 aromatic heterocycles. The molecule has 2 aliphatic rings. The molecule has 1 saturated heterocycles. The molecule has 5 rings (SSSR count). The van der Waals surface area contributed by atoms with E-state index in [-0.39, 0.29) is 0 Å². The summed E-state index contributed by atoms with van der Waals surface area (Å²) in [6.07, 6.45) is 4.36. The number of fused-ring (bicyclic) bond motifs is 7. The van der Waals surface area contributed by atoms with E-state index in [0.717, 1.165) is 36.0 Å². The zero-order chi connectivity index (χ0) is 25.2.